The lowest BCUT2D eigenvalue weighted by Gasteiger charge is -2.14. The van der Waals surface area contributed by atoms with Crippen molar-refractivity contribution in [2.24, 2.45) is 0 Å². The molecule has 0 aliphatic rings. The normalized spacial score (nSPS) is 12.6. The van der Waals surface area contributed by atoms with E-state index in [9.17, 15) is 0 Å². The molecule has 0 aliphatic carbocycles. The lowest BCUT2D eigenvalue weighted by atomic mass is 10.4. The minimum Gasteiger partial charge on any atom is -0.383 e. The molecule has 1 N–H and O–H groups in total. The first kappa shape index (κ1) is 14.0. The Balaban J connectivity index is 1.99. The van der Waals surface area contributed by atoms with E-state index in [4.69, 9.17) is 4.74 Å². The number of methoxy groups -OCH3 is 1. The summed E-state index contributed by atoms with van der Waals surface area (Å²) in [6.45, 7) is 5.64. The summed E-state index contributed by atoms with van der Waals surface area (Å²) >= 11 is 1.69. The Kier molecular flexibility index (Phi) is 4.93. The fourth-order valence-electron chi connectivity index (χ4n) is 1.94. The van der Waals surface area contributed by atoms with Crippen LogP contribution in [0.3, 0.4) is 0 Å². The van der Waals surface area contributed by atoms with Crippen LogP contribution in [0.5, 0.6) is 0 Å². The van der Waals surface area contributed by atoms with E-state index in [-0.39, 0.29) is 6.04 Å². The van der Waals surface area contributed by atoms with Crippen LogP contribution in [0, 0.1) is 6.92 Å². The molecule has 0 bridgehead atoms. The molecule has 1 atom stereocenters. The molecule has 19 heavy (non-hydrogen) atoms. The first-order valence-corrected chi connectivity index (χ1v) is 7.24. The van der Waals surface area contributed by atoms with Crippen molar-refractivity contribution in [1.29, 1.82) is 0 Å². The summed E-state index contributed by atoms with van der Waals surface area (Å²) < 4.78 is 7.28. The maximum Gasteiger partial charge on any atom is 0.203 e. The SMILES string of the molecule is COCC(C)Nc1nc(C)cn1CCc1nccs1. The van der Waals surface area contributed by atoms with E-state index in [1.807, 2.05) is 18.5 Å². The van der Waals surface area contributed by atoms with Gasteiger partial charge in [-0.1, -0.05) is 0 Å². The zero-order valence-electron chi connectivity index (χ0n) is 11.6. The zero-order chi connectivity index (χ0) is 13.7. The Labute approximate surface area is 117 Å². The number of nitrogens with zero attached hydrogens (tertiary/aromatic N) is 3. The zero-order valence-corrected chi connectivity index (χ0v) is 12.4. The molecule has 6 heteroatoms. The Hall–Kier alpha value is -1.40. The van der Waals surface area contributed by atoms with Gasteiger partial charge in [0.15, 0.2) is 0 Å². The maximum atomic E-state index is 5.13. The van der Waals surface area contributed by atoms with Gasteiger partial charge in [-0.2, -0.15) is 0 Å². The van der Waals surface area contributed by atoms with Gasteiger partial charge >= 0.3 is 0 Å². The van der Waals surface area contributed by atoms with Crippen molar-refractivity contribution in [2.75, 3.05) is 19.0 Å². The van der Waals surface area contributed by atoms with Crippen molar-refractivity contribution in [3.05, 3.63) is 28.5 Å². The molecule has 2 aromatic rings. The molecule has 0 amide bonds. The summed E-state index contributed by atoms with van der Waals surface area (Å²) in [7, 11) is 1.71. The second-order valence-corrected chi connectivity index (χ2v) is 5.55. The predicted octanol–water partition coefficient (Wildman–Crippen LogP) is 2.34. The van der Waals surface area contributed by atoms with Crippen molar-refractivity contribution in [1.82, 2.24) is 14.5 Å². The third-order valence-electron chi connectivity index (χ3n) is 2.74. The summed E-state index contributed by atoms with van der Waals surface area (Å²) in [6.07, 6.45) is 4.84. The number of aromatic nitrogens is 3. The minimum absolute atomic E-state index is 0.241. The van der Waals surface area contributed by atoms with Crippen LogP contribution in [0.4, 0.5) is 5.95 Å². The van der Waals surface area contributed by atoms with E-state index in [2.05, 4.69) is 33.0 Å². The molecule has 1 unspecified atom stereocenters. The molecular weight excluding hydrogens is 260 g/mol. The minimum atomic E-state index is 0.241. The number of thiazole rings is 1. The van der Waals surface area contributed by atoms with Crippen LogP contribution in [0.15, 0.2) is 17.8 Å². The molecule has 0 radical (unpaired) electrons. The average Bonchev–Trinajstić information content (AvgIpc) is 2.97. The summed E-state index contributed by atoms with van der Waals surface area (Å²) in [5.41, 5.74) is 1.02. The standard InChI is InChI=1S/C13H20N4OS/c1-10-8-17(6-4-12-14-5-7-19-12)13(15-10)16-11(2)9-18-3/h5,7-8,11H,4,6,9H2,1-3H3,(H,15,16). The fraction of sp³-hybridized carbons (Fsp3) is 0.538. The second kappa shape index (κ2) is 6.68. The first-order chi connectivity index (χ1) is 9.19. The van der Waals surface area contributed by atoms with E-state index in [0.717, 1.165) is 29.6 Å². The quantitative estimate of drug-likeness (QED) is 0.846. The van der Waals surface area contributed by atoms with Crippen LogP contribution in [-0.4, -0.2) is 34.3 Å². The van der Waals surface area contributed by atoms with Crippen molar-refractivity contribution in [3.8, 4) is 0 Å². The van der Waals surface area contributed by atoms with Crippen molar-refractivity contribution in [3.63, 3.8) is 0 Å². The highest BCUT2D eigenvalue weighted by Crippen LogP contribution is 2.13. The van der Waals surface area contributed by atoms with E-state index >= 15 is 0 Å². The molecule has 0 saturated carbocycles. The molecule has 2 rings (SSSR count). The summed E-state index contributed by atoms with van der Waals surface area (Å²) in [5, 5.41) is 6.54. The molecule has 0 saturated heterocycles. The number of ether oxygens (including phenoxy) is 1. The van der Waals surface area contributed by atoms with Gasteiger partial charge in [0.2, 0.25) is 5.95 Å². The molecule has 2 aromatic heterocycles. The lowest BCUT2D eigenvalue weighted by Crippen LogP contribution is -2.23. The molecule has 5 nitrogen and oxygen atoms in total. The highest BCUT2D eigenvalue weighted by Gasteiger charge is 2.09. The Bertz CT molecular complexity index is 495. The summed E-state index contributed by atoms with van der Waals surface area (Å²) in [4.78, 5) is 8.81. The van der Waals surface area contributed by atoms with Crippen LogP contribution >= 0.6 is 11.3 Å². The molecule has 0 spiro atoms. The average molecular weight is 280 g/mol. The lowest BCUT2D eigenvalue weighted by molar-refractivity contribution is 0.190. The molecule has 0 aliphatic heterocycles. The van der Waals surface area contributed by atoms with Gasteiger partial charge in [-0.3, -0.25) is 0 Å². The molecule has 2 heterocycles. The van der Waals surface area contributed by atoms with Gasteiger partial charge in [0, 0.05) is 43.9 Å². The number of hydrogen-bond acceptors (Lipinski definition) is 5. The number of anilines is 1. The number of imidazole rings is 1. The summed E-state index contributed by atoms with van der Waals surface area (Å²) in [6, 6.07) is 0.241. The van der Waals surface area contributed by atoms with Crippen LogP contribution < -0.4 is 5.32 Å². The van der Waals surface area contributed by atoms with E-state index in [1.54, 1.807) is 18.4 Å². The monoisotopic (exact) mass is 280 g/mol. The third kappa shape index (κ3) is 4.04. The van der Waals surface area contributed by atoms with E-state index < -0.39 is 0 Å². The molecule has 0 aromatic carbocycles. The Morgan fingerprint density at radius 2 is 2.37 bits per heavy atom. The maximum absolute atomic E-state index is 5.13. The van der Waals surface area contributed by atoms with Crippen molar-refractivity contribution in [2.45, 2.75) is 32.9 Å². The van der Waals surface area contributed by atoms with Gasteiger partial charge in [-0.05, 0) is 13.8 Å². The van der Waals surface area contributed by atoms with Crippen molar-refractivity contribution < 1.29 is 4.74 Å². The van der Waals surface area contributed by atoms with Crippen molar-refractivity contribution >= 4 is 17.3 Å². The highest BCUT2D eigenvalue weighted by molar-refractivity contribution is 7.09. The van der Waals surface area contributed by atoms with Gasteiger partial charge in [0.1, 0.15) is 0 Å². The Morgan fingerprint density at radius 3 is 3.05 bits per heavy atom. The topological polar surface area (TPSA) is 52.0 Å². The van der Waals surface area contributed by atoms with Gasteiger partial charge in [0.25, 0.3) is 0 Å². The highest BCUT2D eigenvalue weighted by atomic mass is 32.1. The third-order valence-corrected chi connectivity index (χ3v) is 3.58. The predicted molar refractivity (Wildman–Crippen MR) is 77.7 cm³/mol. The number of hydrogen-bond donors (Lipinski definition) is 1. The van der Waals surface area contributed by atoms with Crippen LogP contribution in [-0.2, 0) is 17.7 Å². The van der Waals surface area contributed by atoms with Crippen LogP contribution in [0.25, 0.3) is 0 Å². The largest absolute Gasteiger partial charge is 0.383 e. The Morgan fingerprint density at radius 1 is 1.53 bits per heavy atom. The summed E-state index contributed by atoms with van der Waals surface area (Å²) in [5.74, 6) is 0.901. The fourth-order valence-corrected chi connectivity index (χ4v) is 2.55. The number of rotatable bonds is 7. The van der Waals surface area contributed by atoms with E-state index in [0.29, 0.717) is 6.61 Å². The van der Waals surface area contributed by atoms with Gasteiger partial charge in [-0.15, -0.1) is 11.3 Å². The van der Waals surface area contributed by atoms with Gasteiger partial charge in [0.05, 0.1) is 17.3 Å². The molecule has 104 valence electrons. The van der Waals surface area contributed by atoms with E-state index in [1.165, 1.54) is 0 Å². The number of aryl methyl sites for hydroxylation is 3. The van der Waals surface area contributed by atoms with Crippen LogP contribution in [0.1, 0.15) is 17.6 Å². The van der Waals surface area contributed by atoms with Gasteiger partial charge < -0.3 is 14.6 Å². The molecule has 0 fully saturated rings. The smallest absolute Gasteiger partial charge is 0.203 e. The number of nitrogens with one attached hydrogen (secondary N) is 1. The second-order valence-electron chi connectivity index (χ2n) is 4.58. The molecular formula is C13H20N4OS. The van der Waals surface area contributed by atoms with Crippen LogP contribution in [0.2, 0.25) is 0 Å². The van der Waals surface area contributed by atoms with Gasteiger partial charge in [-0.25, -0.2) is 9.97 Å². The first-order valence-electron chi connectivity index (χ1n) is 6.36.